The van der Waals surface area contributed by atoms with Gasteiger partial charge in [0.25, 0.3) is 0 Å². The summed E-state index contributed by atoms with van der Waals surface area (Å²) in [5.74, 6) is 0.801. The molecule has 0 atom stereocenters. The van der Waals surface area contributed by atoms with Crippen LogP contribution in [-0.2, 0) is 4.74 Å². The van der Waals surface area contributed by atoms with Gasteiger partial charge in [0.1, 0.15) is 6.61 Å². The van der Waals surface area contributed by atoms with Crippen LogP contribution >= 0.6 is 23.7 Å². The Balaban J connectivity index is 0.000000845. The predicted octanol–water partition coefficient (Wildman–Crippen LogP) is 2.73. The molecule has 0 amide bonds. The Morgan fingerprint density at radius 2 is 2.31 bits per heavy atom. The van der Waals surface area contributed by atoms with Crippen molar-refractivity contribution >= 4 is 29.6 Å². The summed E-state index contributed by atoms with van der Waals surface area (Å²) in [7, 11) is 0. The van der Waals surface area contributed by atoms with Crippen LogP contribution in [0.3, 0.4) is 0 Å². The molecule has 1 aromatic heterocycles. The van der Waals surface area contributed by atoms with Crippen molar-refractivity contribution in [3.05, 3.63) is 22.4 Å². The van der Waals surface area contributed by atoms with Gasteiger partial charge in [-0.25, -0.2) is 4.99 Å². The zero-order valence-electron chi connectivity index (χ0n) is 7.61. The van der Waals surface area contributed by atoms with Crippen LogP contribution in [0.1, 0.15) is 18.7 Å². The molecule has 0 bridgehead atoms. The molecule has 0 aromatic carbocycles. The highest BCUT2D eigenvalue weighted by Crippen LogP contribution is 2.22. The predicted molar refractivity (Wildman–Crippen MR) is 58.1 cm³/mol. The second-order valence-corrected chi connectivity index (χ2v) is 4.44. The Morgan fingerprint density at radius 3 is 2.77 bits per heavy atom. The van der Waals surface area contributed by atoms with Gasteiger partial charge in [-0.3, -0.25) is 0 Å². The lowest BCUT2D eigenvalue weighted by molar-refractivity contribution is 0.280. The molecule has 1 aliphatic heterocycles. The maximum Gasteiger partial charge on any atom is 0.227 e. The molecule has 2 rings (SSSR count). The molecule has 4 heteroatoms. The summed E-state index contributed by atoms with van der Waals surface area (Å²) < 4.78 is 5.47. The summed E-state index contributed by atoms with van der Waals surface area (Å²) in [6, 6.07) is 4.04. The normalized spacial score (nSPS) is 18.8. The molecule has 0 aliphatic carbocycles. The first-order valence-corrected chi connectivity index (χ1v) is 4.82. The van der Waals surface area contributed by atoms with Crippen LogP contribution in [0.2, 0.25) is 0 Å². The molecule has 1 aromatic rings. The van der Waals surface area contributed by atoms with Gasteiger partial charge in [0.2, 0.25) is 5.90 Å². The van der Waals surface area contributed by atoms with Gasteiger partial charge in [0.15, 0.2) is 0 Å². The van der Waals surface area contributed by atoms with E-state index in [-0.39, 0.29) is 17.9 Å². The lowest BCUT2D eigenvalue weighted by Gasteiger charge is -2.07. The third kappa shape index (κ3) is 2.23. The average molecular weight is 218 g/mol. The van der Waals surface area contributed by atoms with E-state index >= 15 is 0 Å². The fraction of sp³-hybridized carbons (Fsp3) is 0.444. The molecule has 0 unspecified atom stereocenters. The van der Waals surface area contributed by atoms with Crippen LogP contribution in [0.5, 0.6) is 0 Å². The zero-order chi connectivity index (χ0) is 8.60. The number of hydrogen-bond acceptors (Lipinski definition) is 3. The van der Waals surface area contributed by atoms with Gasteiger partial charge in [-0.2, -0.15) is 0 Å². The second-order valence-electron chi connectivity index (χ2n) is 3.50. The largest absolute Gasteiger partial charge is 0.474 e. The van der Waals surface area contributed by atoms with Crippen molar-refractivity contribution in [3.8, 4) is 0 Å². The first-order chi connectivity index (χ1) is 5.67. The Labute approximate surface area is 88.1 Å². The molecular weight excluding hydrogens is 206 g/mol. The molecule has 0 saturated carbocycles. The minimum atomic E-state index is -0.0423. The van der Waals surface area contributed by atoms with Gasteiger partial charge < -0.3 is 4.74 Å². The van der Waals surface area contributed by atoms with Crippen molar-refractivity contribution in [1.29, 1.82) is 0 Å². The van der Waals surface area contributed by atoms with Gasteiger partial charge in [0, 0.05) is 0 Å². The standard InChI is InChI=1S/C9H11NOS.ClH/c1-9(2)6-11-8(10-9)7-4-3-5-12-7;/h3-5H,6H2,1-2H3;1H. The molecule has 2 nitrogen and oxygen atoms in total. The number of ether oxygens (including phenoxy) is 1. The first kappa shape index (κ1) is 10.5. The van der Waals surface area contributed by atoms with Gasteiger partial charge in [0.05, 0.1) is 10.4 Å². The van der Waals surface area contributed by atoms with Crippen molar-refractivity contribution < 1.29 is 4.74 Å². The Kier molecular flexibility index (Phi) is 2.98. The lowest BCUT2D eigenvalue weighted by Crippen LogP contribution is -2.17. The molecule has 2 heterocycles. The van der Waals surface area contributed by atoms with E-state index in [0.717, 1.165) is 10.8 Å². The summed E-state index contributed by atoms with van der Waals surface area (Å²) >= 11 is 1.67. The van der Waals surface area contributed by atoms with Gasteiger partial charge >= 0.3 is 0 Å². The molecule has 0 fully saturated rings. The van der Waals surface area contributed by atoms with Gasteiger partial charge in [-0.1, -0.05) is 6.07 Å². The van der Waals surface area contributed by atoms with Crippen molar-refractivity contribution in [1.82, 2.24) is 0 Å². The summed E-state index contributed by atoms with van der Waals surface area (Å²) in [5.41, 5.74) is -0.0423. The first-order valence-electron chi connectivity index (χ1n) is 3.94. The Hall–Kier alpha value is -0.540. The van der Waals surface area contributed by atoms with Crippen LogP contribution in [0, 0.1) is 0 Å². The van der Waals surface area contributed by atoms with Crippen LogP contribution < -0.4 is 0 Å². The van der Waals surface area contributed by atoms with Crippen LogP contribution in [-0.4, -0.2) is 18.0 Å². The molecular formula is C9H12ClNOS. The van der Waals surface area contributed by atoms with E-state index in [1.165, 1.54) is 0 Å². The summed E-state index contributed by atoms with van der Waals surface area (Å²) in [5, 5.41) is 2.03. The lowest BCUT2D eigenvalue weighted by atomic mass is 10.1. The van der Waals surface area contributed by atoms with Gasteiger partial charge in [-0.15, -0.1) is 23.7 Å². The monoisotopic (exact) mass is 217 g/mol. The fourth-order valence-electron chi connectivity index (χ4n) is 1.11. The van der Waals surface area contributed by atoms with Crippen molar-refractivity contribution in [2.75, 3.05) is 6.61 Å². The van der Waals surface area contributed by atoms with Crippen molar-refractivity contribution in [3.63, 3.8) is 0 Å². The molecule has 0 spiro atoms. The fourth-order valence-corrected chi connectivity index (χ4v) is 1.78. The van der Waals surface area contributed by atoms with E-state index in [1.807, 2.05) is 17.5 Å². The van der Waals surface area contributed by atoms with E-state index < -0.39 is 0 Å². The van der Waals surface area contributed by atoms with E-state index in [2.05, 4.69) is 18.8 Å². The maximum absolute atomic E-state index is 5.47. The van der Waals surface area contributed by atoms with Crippen molar-refractivity contribution in [2.45, 2.75) is 19.4 Å². The number of nitrogens with zero attached hydrogens (tertiary/aromatic N) is 1. The number of halogens is 1. The summed E-state index contributed by atoms with van der Waals surface area (Å²) in [6.07, 6.45) is 0. The quantitative estimate of drug-likeness (QED) is 0.709. The topological polar surface area (TPSA) is 21.6 Å². The van der Waals surface area contributed by atoms with E-state index in [4.69, 9.17) is 4.74 Å². The highest BCUT2D eigenvalue weighted by molar-refractivity contribution is 7.12. The molecule has 0 radical (unpaired) electrons. The molecule has 0 saturated heterocycles. The van der Waals surface area contributed by atoms with E-state index in [9.17, 15) is 0 Å². The molecule has 0 N–H and O–H groups in total. The highest BCUT2D eigenvalue weighted by atomic mass is 35.5. The van der Waals surface area contributed by atoms with Crippen LogP contribution in [0.4, 0.5) is 0 Å². The van der Waals surface area contributed by atoms with Crippen LogP contribution in [0.15, 0.2) is 22.5 Å². The SMILES string of the molecule is CC1(C)COC(c2cccs2)=N1.Cl. The Bertz CT molecular complexity index is 305. The summed E-state index contributed by atoms with van der Waals surface area (Å²) in [4.78, 5) is 5.59. The van der Waals surface area contributed by atoms with E-state index in [0.29, 0.717) is 6.61 Å². The number of rotatable bonds is 1. The minimum Gasteiger partial charge on any atom is -0.474 e. The minimum absolute atomic E-state index is 0. The third-order valence-corrected chi connectivity index (χ3v) is 2.56. The highest BCUT2D eigenvalue weighted by Gasteiger charge is 2.27. The van der Waals surface area contributed by atoms with Crippen molar-refractivity contribution in [2.24, 2.45) is 4.99 Å². The zero-order valence-corrected chi connectivity index (χ0v) is 9.24. The average Bonchev–Trinajstić information content (AvgIpc) is 2.55. The number of aliphatic imine (C=N–C) groups is 1. The molecule has 1 aliphatic rings. The smallest absolute Gasteiger partial charge is 0.227 e. The maximum atomic E-state index is 5.47. The second kappa shape index (κ2) is 3.68. The van der Waals surface area contributed by atoms with Gasteiger partial charge in [-0.05, 0) is 25.3 Å². The number of hydrogen-bond donors (Lipinski definition) is 0. The number of thiophene rings is 1. The Morgan fingerprint density at radius 1 is 1.54 bits per heavy atom. The third-order valence-electron chi connectivity index (χ3n) is 1.70. The van der Waals surface area contributed by atoms with Crippen LogP contribution in [0.25, 0.3) is 0 Å². The van der Waals surface area contributed by atoms with E-state index in [1.54, 1.807) is 11.3 Å². The molecule has 13 heavy (non-hydrogen) atoms. The molecule has 72 valence electrons. The summed E-state index contributed by atoms with van der Waals surface area (Å²) in [6.45, 7) is 4.85.